The van der Waals surface area contributed by atoms with Crippen LogP contribution in [-0.4, -0.2) is 57.3 Å². The monoisotopic (exact) mass is 641 g/mol. The Balaban J connectivity index is 1.53. The smallest absolute Gasteiger partial charge is 0.433 e. The molecular weight excluding hydrogens is 611 g/mol. The van der Waals surface area contributed by atoms with Crippen LogP contribution in [0.1, 0.15) is 58.6 Å². The van der Waals surface area contributed by atoms with Gasteiger partial charge in [0, 0.05) is 16.9 Å². The van der Waals surface area contributed by atoms with E-state index >= 15 is 0 Å². The number of hydrogen-bond acceptors (Lipinski definition) is 10. The summed E-state index contributed by atoms with van der Waals surface area (Å²) in [5, 5.41) is 2.02. The third kappa shape index (κ3) is 7.44. The molecule has 43 heavy (non-hydrogen) atoms. The van der Waals surface area contributed by atoms with Gasteiger partial charge in [-0.3, -0.25) is 4.79 Å². The van der Waals surface area contributed by atoms with Crippen molar-refractivity contribution in [3.8, 4) is 22.8 Å². The minimum absolute atomic E-state index is 0.150. The molecule has 0 atom stereocenters. The third-order valence-electron chi connectivity index (χ3n) is 6.83. The predicted molar refractivity (Wildman–Crippen MR) is 152 cm³/mol. The van der Waals surface area contributed by atoms with E-state index in [1.165, 1.54) is 50.9 Å². The Kier molecular flexibility index (Phi) is 9.95. The first kappa shape index (κ1) is 32.2. The van der Waals surface area contributed by atoms with Crippen LogP contribution in [0.2, 0.25) is 0 Å². The van der Waals surface area contributed by atoms with E-state index in [-0.39, 0.29) is 29.8 Å². The number of hydrogen-bond donors (Lipinski definition) is 1. The Morgan fingerprint density at radius 1 is 1.00 bits per heavy atom. The molecule has 0 radical (unpaired) electrons. The number of sulfone groups is 1. The number of esters is 1. The van der Waals surface area contributed by atoms with Crippen molar-refractivity contribution in [1.82, 2.24) is 9.97 Å². The van der Waals surface area contributed by atoms with Crippen molar-refractivity contribution in [2.24, 2.45) is 0 Å². The van der Waals surface area contributed by atoms with Gasteiger partial charge in [-0.2, -0.15) is 13.2 Å². The quantitative estimate of drug-likeness (QED) is 0.173. The first-order valence-corrected chi connectivity index (χ1v) is 15.8. The molecule has 2 heterocycles. The van der Waals surface area contributed by atoms with E-state index in [1.807, 2.05) is 0 Å². The predicted octanol–water partition coefficient (Wildman–Crippen LogP) is 5.49. The van der Waals surface area contributed by atoms with Gasteiger partial charge in [0.15, 0.2) is 11.5 Å². The minimum Gasteiger partial charge on any atom is -0.493 e. The highest BCUT2D eigenvalue weighted by Gasteiger charge is 2.35. The lowest BCUT2D eigenvalue weighted by Gasteiger charge is -2.13. The van der Waals surface area contributed by atoms with Crippen molar-refractivity contribution in [2.45, 2.75) is 56.3 Å². The molecule has 0 saturated carbocycles. The van der Waals surface area contributed by atoms with Gasteiger partial charge in [0.25, 0.3) is 0 Å². The number of carbonyl (C=O) groups is 2. The van der Waals surface area contributed by atoms with Crippen molar-refractivity contribution < 1.29 is 45.4 Å². The van der Waals surface area contributed by atoms with Gasteiger partial charge in [-0.1, -0.05) is 6.42 Å². The van der Waals surface area contributed by atoms with Gasteiger partial charge >= 0.3 is 12.1 Å². The van der Waals surface area contributed by atoms with E-state index in [0.29, 0.717) is 28.8 Å². The number of halogens is 3. The van der Waals surface area contributed by atoms with Crippen molar-refractivity contribution in [3.63, 3.8) is 0 Å². The fraction of sp³-hybridized carbons (Fsp3) is 0.429. The van der Waals surface area contributed by atoms with Crippen LogP contribution in [0.5, 0.6) is 11.5 Å². The Morgan fingerprint density at radius 2 is 1.72 bits per heavy atom. The van der Waals surface area contributed by atoms with Gasteiger partial charge in [0.05, 0.1) is 38.3 Å². The number of rotatable bonds is 10. The average Bonchev–Trinajstić information content (AvgIpc) is 3.14. The van der Waals surface area contributed by atoms with Crippen molar-refractivity contribution >= 4 is 38.1 Å². The second-order valence-electron chi connectivity index (χ2n) is 9.72. The Hall–Kier alpha value is -3.72. The van der Waals surface area contributed by atoms with E-state index in [1.54, 1.807) is 0 Å². The zero-order chi connectivity index (χ0) is 31.4. The molecule has 1 aromatic carbocycles. The minimum atomic E-state index is -4.95. The number of aromatic nitrogens is 2. The molecule has 15 heteroatoms. The molecule has 0 saturated heterocycles. The van der Waals surface area contributed by atoms with Crippen LogP contribution in [0.4, 0.5) is 18.2 Å². The number of ether oxygens (including phenoxy) is 3. The standard InChI is InChI=1S/C28H30F3N3O7S2/c1-39-19-12-11-16(14-20(19)40-2)18-15-22(28(29,30)31)33-27(32-18)43(37,38)13-7-10-23(35)34-25-24(26(36)41-3)17-8-5-4-6-9-21(17)42-25/h11-12,14-15H,4-10,13H2,1-3H3,(H,34,35). The second kappa shape index (κ2) is 13.3. The number of anilines is 1. The number of fused-ring (bicyclic) bond motifs is 1. The summed E-state index contributed by atoms with van der Waals surface area (Å²) in [5.74, 6) is -1.27. The third-order valence-corrected chi connectivity index (χ3v) is 9.61. The van der Waals surface area contributed by atoms with Crippen LogP contribution in [0.25, 0.3) is 11.3 Å². The largest absolute Gasteiger partial charge is 0.493 e. The summed E-state index contributed by atoms with van der Waals surface area (Å²) in [5.41, 5.74) is -0.398. The SMILES string of the molecule is COC(=O)c1c(NC(=O)CCCS(=O)(=O)c2nc(-c3ccc(OC)c(OC)c3)cc(C(F)(F)F)n2)sc2c1CCCCC2. The topological polar surface area (TPSA) is 134 Å². The molecular formula is C28H30F3N3O7S2. The van der Waals surface area contributed by atoms with E-state index in [9.17, 15) is 31.2 Å². The van der Waals surface area contributed by atoms with Crippen LogP contribution >= 0.6 is 11.3 Å². The highest BCUT2D eigenvalue weighted by Crippen LogP contribution is 2.38. The lowest BCUT2D eigenvalue weighted by atomic mass is 10.1. The maximum atomic E-state index is 13.7. The zero-order valence-electron chi connectivity index (χ0n) is 23.7. The van der Waals surface area contributed by atoms with Gasteiger partial charge in [0.1, 0.15) is 10.7 Å². The molecule has 10 nitrogen and oxygen atoms in total. The molecule has 0 fully saturated rings. The number of thiophene rings is 1. The summed E-state index contributed by atoms with van der Waals surface area (Å²) in [7, 11) is -0.439. The molecule has 2 aromatic heterocycles. The van der Waals surface area contributed by atoms with Crippen LogP contribution in [-0.2, 0) is 38.4 Å². The maximum absolute atomic E-state index is 13.7. The molecule has 1 aliphatic carbocycles. The van der Waals surface area contributed by atoms with Crippen LogP contribution in [0, 0.1) is 0 Å². The Morgan fingerprint density at radius 3 is 2.40 bits per heavy atom. The first-order valence-electron chi connectivity index (χ1n) is 13.3. The number of alkyl halides is 3. The molecule has 1 aliphatic rings. The van der Waals surface area contributed by atoms with E-state index in [0.717, 1.165) is 36.1 Å². The van der Waals surface area contributed by atoms with Crippen molar-refractivity contribution in [3.05, 3.63) is 46.0 Å². The van der Waals surface area contributed by atoms with Crippen LogP contribution < -0.4 is 14.8 Å². The van der Waals surface area contributed by atoms with Crippen LogP contribution in [0.15, 0.2) is 29.4 Å². The van der Waals surface area contributed by atoms with Crippen LogP contribution in [0.3, 0.4) is 0 Å². The molecule has 4 rings (SSSR count). The summed E-state index contributed by atoms with van der Waals surface area (Å²) in [6.07, 6.45) is -1.08. The number of nitrogens with zero attached hydrogens (tertiary/aromatic N) is 2. The zero-order valence-corrected chi connectivity index (χ0v) is 25.3. The Bertz CT molecular complexity index is 1620. The lowest BCUT2D eigenvalue weighted by molar-refractivity contribution is -0.141. The van der Waals surface area contributed by atoms with Gasteiger partial charge in [-0.15, -0.1) is 11.3 Å². The number of nitrogens with one attached hydrogen (secondary N) is 1. The number of amides is 1. The number of benzene rings is 1. The molecule has 0 aliphatic heterocycles. The highest BCUT2D eigenvalue weighted by atomic mass is 32.2. The number of carbonyl (C=O) groups excluding carboxylic acids is 2. The second-order valence-corrected chi connectivity index (χ2v) is 12.8. The first-order chi connectivity index (χ1) is 20.4. The summed E-state index contributed by atoms with van der Waals surface area (Å²) >= 11 is 1.30. The average molecular weight is 642 g/mol. The van der Waals surface area contributed by atoms with Gasteiger partial charge in [-0.05, 0) is 61.9 Å². The number of methoxy groups -OCH3 is 3. The van der Waals surface area contributed by atoms with E-state index in [2.05, 4.69) is 15.3 Å². The molecule has 0 bridgehead atoms. The molecule has 1 amide bonds. The van der Waals surface area contributed by atoms with Gasteiger partial charge in [0.2, 0.25) is 20.9 Å². The highest BCUT2D eigenvalue weighted by molar-refractivity contribution is 7.91. The molecule has 232 valence electrons. The summed E-state index contributed by atoms with van der Waals surface area (Å²) in [6.45, 7) is 0. The molecule has 1 N–H and O–H groups in total. The number of aryl methyl sites for hydroxylation is 1. The summed E-state index contributed by atoms with van der Waals surface area (Å²) in [6, 6.07) is 4.88. The summed E-state index contributed by atoms with van der Waals surface area (Å²) < 4.78 is 82.5. The van der Waals surface area contributed by atoms with Gasteiger partial charge in [-0.25, -0.2) is 23.2 Å². The normalized spacial score (nSPS) is 13.5. The van der Waals surface area contributed by atoms with E-state index < -0.39 is 44.5 Å². The fourth-order valence-corrected chi connectivity index (χ4v) is 7.18. The van der Waals surface area contributed by atoms with E-state index in [4.69, 9.17) is 14.2 Å². The fourth-order valence-electron chi connectivity index (χ4n) is 4.70. The van der Waals surface area contributed by atoms with Crippen molar-refractivity contribution in [1.29, 1.82) is 0 Å². The molecule has 0 unspecified atom stereocenters. The van der Waals surface area contributed by atoms with Gasteiger partial charge < -0.3 is 19.5 Å². The Labute approximate surface area is 250 Å². The maximum Gasteiger partial charge on any atom is 0.433 e. The summed E-state index contributed by atoms with van der Waals surface area (Å²) in [4.78, 5) is 33.5. The molecule has 0 spiro atoms. The lowest BCUT2D eigenvalue weighted by Crippen LogP contribution is -2.19. The molecule has 3 aromatic rings. The van der Waals surface area contributed by atoms with Crippen molar-refractivity contribution in [2.75, 3.05) is 32.4 Å².